The normalized spacial score (nSPS) is 10.6. The van der Waals surface area contributed by atoms with E-state index in [-0.39, 0.29) is 22.2 Å². The van der Waals surface area contributed by atoms with Crippen LogP contribution >= 0.6 is 23.4 Å². The highest BCUT2D eigenvalue weighted by Gasteiger charge is 2.19. The Kier molecular flexibility index (Phi) is 7.26. The zero-order chi connectivity index (χ0) is 22.4. The fourth-order valence-electron chi connectivity index (χ4n) is 2.53. The number of aromatic nitrogens is 3. The summed E-state index contributed by atoms with van der Waals surface area (Å²) in [6.45, 7) is 1.86. The number of nitro benzene ring substituents is 1. The summed E-state index contributed by atoms with van der Waals surface area (Å²) < 4.78 is 12.0. The Hall–Kier alpha value is -3.38. The zero-order valence-electron chi connectivity index (χ0n) is 16.1. The Labute approximate surface area is 184 Å². The van der Waals surface area contributed by atoms with E-state index in [1.54, 1.807) is 16.7 Å². The molecule has 0 saturated carbocycles. The number of furan rings is 1. The summed E-state index contributed by atoms with van der Waals surface area (Å²) in [7, 11) is 0. The highest BCUT2D eigenvalue weighted by atomic mass is 35.5. The van der Waals surface area contributed by atoms with Gasteiger partial charge in [0, 0.05) is 17.6 Å². The first-order valence-corrected chi connectivity index (χ1v) is 10.2. The number of esters is 1. The van der Waals surface area contributed by atoms with Gasteiger partial charge in [-0.25, -0.2) is 0 Å². The predicted molar refractivity (Wildman–Crippen MR) is 112 cm³/mol. The van der Waals surface area contributed by atoms with Crippen molar-refractivity contribution in [3.05, 3.63) is 51.7 Å². The number of carbonyl (C=O) groups excluding carboxylic acids is 2. The SMILES string of the molecule is CCn1c(SCC(=O)OCC(=O)Nc2ccc(Cl)cc2[N+](=O)[O-])nnc1-c1ccco1. The van der Waals surface area contributed by atoms with Crippen molar-refractivity contribution in [3.63, 3.8) is 0 Å². The maximum atomic E-state index is 12.0. The third-order valence-electron chi connectivity index (χ3n) is 3.89. The molecular formula is C18H16ClN5O6S. The minimum atomic E-state index is -0.722. The van der Waals surface area contributed by atoms with Crippen molar-refractivity contribution in [3.8, 4) is 11.6 Å². The number of nitrogens with one attached hydrogen (secondary N) is 1. The third-order valence-corrected chi connectivity index (χ3v) is 5.06. The van der Waals surface area contributed by atoms with Crippen LogP contribution in [0.1, 0.15) is 6.92 Å². The Bertz CT molecular complexity index is 1100. The summed E-state index contributed by atoms with van der Waals surface area (Å²) in [4.78, 5) is 34.4. The molecule has 3 rings (SSSR count). The second kappa shape index (κ2) is 10.1. The molecule has 0 aliphatic rings. The second-order valence-corrected chi connectivity index (χ2v) is 7.32. The number of hydrogen-bond donors (Lipinski definition) is 1. The first-order valence-electron chi connectivity index (χ1n) is 8.88. The number of carbonyl (C=O) groups is 2. The van der Waals surface area contributed by atoms with E-state index >= 15 is 0 Å². The molecule has 1 N–H and O–H groups in total. The van der Waals surface area contributed by atoms with Crippen molar-refractivity contribution in [2.45, 2.75) is 18.6 Å². The molecule has 1 aromatic carbocycles. The first-order chi connectivity index (χ1) is 14.9. The van der Waals surface area contributed by atoms with Gasteiger partial charge in [0.25, 0.3) is 11.6 Å². The van der Waals surface area contributed by atoms with E-state index in [1.165, 1.54) is 18.4 Å². The van der Waals surface area contributed by atoms with Crippen molar-refractivity contribution in [1.29, 1.82) is 0 Å². The number of anilines is 1. The molecule has 2 heterocycles. The predicted octanol–water partition coefficient (Wildman–Crippen LogP) is 3.39. The van der Waals surface area contributed by atoms with Gasteiger partial charge >= 0.3 is 5.97 Å². The average Bonchev–Trinajstić information content (AvgIpc) is 3.41. The standard InChI is InChI=1S/C18H16ClN5O6S/c1-2-23-17(14-4-3-7-29-14)21-22-18(23)31-10-16(26)30-9-15(25)20-12-6-5-11(19)8-13(12)24(27)28/h3-8H,2,9-10H2,1H3,(H,20,25). The Balaban J connectivity index is 1.52. The van der Waals surface area contributed by atoms with E-state index in [2.05, 4.69) is 15.5 Å². The van der Waals surface area contributed by atoms with E-state index in [0.29, 0.717) is 23.3 Å². The zero-order valence-corrected chi connectivity index (χ0v) is 17.7. The highest BCUT2D eigenvalue weighted by molar-refractivity contribution is 7.99. The van der Waals surface area contributed by atoms with Crippen molar-refractivity contribution in [2.75, 3.05) is 17.7 Å². The molecule has 0 fully saturated rings. The number of benzene rings is 1. The molecule has 0 aliphatic heterocycles. The smallest absolute Gasteiger partial charge is 0.316 e. The molecule has 31 heavy (non-hydrogen) atoms. The van der Waals surface area contributed by atoms with E-state index in [4.69, 9.17) is 20.8 Å². The third kappa shape index (κ3) is 5.61. The maximum Gasteiger partial charge on any atom is 0.316 e. The molecular weight excluding hydrogens is 450 g/mol. The largest absolute Gasteiger partial charge is 0.461 e. The van der Waals surface area contributed by atoms with Gasteiger partial charge in [-0.3, -0.25) is 24.3 Å². The van der Waals surface area contributed by atoms with E-state index < -0.39 is 23.4 Å². The van der Waals surface area contributed by atoms with Gasteiger partial charge in [-0.1, -0.05) is 23.4 Å². The molecule has 0 bridgehead atoms. The summed E-state index contributed by atoms with van der Waals surface area (Å²) in [5.74, 6) is -0.398. The van der Waals surface area contributed by atoms with Crippen molar-refractivity contribution in [2.24, 2.45) is 0 Å². The molecule has 0 saturated heterocycles. The number of thioether (sulfide) groups is 1. The van der Waals surface area contributed by atoms with Crippen LogP contribution in [-0.2, 0) is 20.9 Å². The van der Waals surface area contributed by atoms with Gasteiger partial charge < -0.3 is 14.5 Å². The Morgan fingerprint density at radius 2 is 2.16 bits per heavy atom. The first kappa shape index (κ1) is 22.3. The minimum absolute atomic E-state index is 0.0497. The van der Waals surface area contributed by atoms with Crippen LogP contribution in [0.15, 0.2) is 46.2 Å². The average molecular weight is 466 g/mol. The molecule has 0 aliphatic carbocycles. The van der Waals surface area contributed by atoms with E-state index in [9.17, 15) is 19.7 Å². The molecule has 3 aromatic rings. The molecule has 1 amide bonds. The number of hydrogen-bond acceptors (Lipinski definition) is 9. The highest BCUT2D eigenvalue weighted by Crippen LogP contribution is 2.28. The van der Waals surface area contributed by atoms with Crippen LogP contribution in [0.3, 0.4) is 0 Å². The van der Waals surface area contributed by atoms with Crippen molar-refractivity contribution >= 4 is 46.6 Å². The van der Waals surface area contributed by atoms with Gasteiger partial charge in [-0.05, 0) is 31.2 Å². The van der Waals surface area contributed by atoms with Crippen LogP contribution in [-0.4, -0.2) is 43.9 Å². The fourth-order valence-corrected chi connectivity index (χ4v) is 3.49. The van der Waals surface area contributed by atoms with E-state index in [0.717, 1.165) is 17.8 Å². The Morgan fingerprint density at radius 1 is 1.35 bits per heavy atom. The number of halogens is 1. The number of nitrogens with zero attached hydrogens (tertiary/aromatic N) is 4. The van der Waals surface area contributed by atoms with Gasteiger partial charge in [0.05, 0.1) is 16.9 Å². The molecule has 162 valence electrons. The topological polar surface area (TPSA) is 142 Å². The number of ether oxygens (including phenoxy) is 1. The second-order valence-electron chi connectivity index (χ2n) is 5.94. The number of amides is 1. The van der Waals surface area contributed by atoms with Crippen LogP contribution in [0.25, 0.3) is 11.6 Å². The monoisotopic (exact) mass is 465 g/mol. The van der Waals surface area contributed by atoms with Gasteiger partial charge in [0.15, 0.2) is 23.3 Å². The lowest BCUT2D eigenvalue weighted by Crippen LogP contribution is -2.22. The maximum absolute atomic E-state index is 12.0. The van der Waals surface area contributed by atoms with Crippen LogP contribution in [0.2, 0.25) is 5.02 Å². The van der Waals surface area contributed by atoms with Crippen LogP contribution in [0.4, 0.5) is 11.4 Å². The molecule has 11 nitrogen and oxygen atoms in total. The lowest BCUT2D eigenvalue weighted by molar-refractivity contribution is -0.383. The number of rotatable bonds is 9. The summed E-state index contributed by atoms with van der Waals surface area (Å²) in [6, 6.07) is 7.29. The van der Waals surface area contributed by atoms with Crippen LogP contribution in [0.5, 0.6) is 0 Å². The number of nitro groups is 1. The van der Waals surface area contributed by atoms with Gasteiger partial charge in [-0.2, -0.15) is 0 Å². The Morgan fingerprint density at radius 3 is 2.84 bits per heavy atom. The van der Waals surface area contributed by atoms with Crippen molar-refractivity contribution in [1.82, 2.24) is 14.8 Å². The molecule has 2 aromatic heterocycles. The molecule has 13 heteroatoms. The lowest BCUT2D eigenvalue weighted by Gasteiger charge is -2.08. The van der Waals surface area contributed by atoms with Gasteiger partial charge in [0.2, 0.25) is 0 Å². The van der Waals surface area contributed by atoms with Crippen molar-refractivity contribution < 1.29 is 23.7 Å². The lowest BCUT2D eigenvalue weighted by atomic mass is 10.2. The molecule has 0 unspecified atom stereocenters. The summed E-state index contributed by atoms with van der Waals surface area (Å²) in [6.07, 6.45) is 1.53. The van der Waals surface area contributed by atoms with Gasteiger partial charge in [-0.15, -0.1) is 10.2 Å². The summed E-state index contributed by atoms with van der Waals surface area (Å²) in [5, 5.41) is 22.2. The van der Waals surface area contributed by atoms with Gasteiger partial charge in [0.1, 0.15) is 5.69 Å². The summed E-state index contributed by atoms with van der Waals surface area (Å²) in [5.41, 5.74) is -0.416. The fraction of sp³-hybridized carbons (Fsp3) is 0.222. The minimum Gasteiger partial charge on any atom is -0.461 e. The summed E-state index contributed by atoms with van der Waals surface area (Å²) >= 11 is 6.83. The van der Waals surface area contributed by atoms with Crippen LogP contribution in [0, 0.1) is 10.1 Å². The van der Waals surface area contributed by atoms with Crippen LogP contribution < -0.4 is 5.32 Å². The quantitative estimate of drug-likeness (QED) is 0.217. The molecule has 0 spiro atoms. The van der Waals surface area contributed by atoms with E-state index in [1.807, 2.05) is 6.92 Å². The molecule has 0 atom stereocenters. The molecule has 0 radical (unpaired) electrons.